The van der Waals surface area contributed by atoms with Gasteiger partial charge in [-0.05, 0) is 19.4 Å². The van der Waals surface area contributed by atoms with Gasteiger partial charge in [0.1, 0.15) is 6.04 Å². The molecule has 0 saturated carbocycles. The van der Waals surface area contributed by atoms with Gasteiger partial charge in [0.25, 0.3) is 0 Å². The molecule has 7 nitrogen and oxygen atoms in total. The summed E-state index contributed by atoms with van der Waals surface area (Å²) in [6.07, 6.45) is 3.84. The number of hydrogen-bond acceptors (Lipinski definition) is 5. The molecule has 0 bridgehead atoms. The molecule has 1 heterocycles. The third kappa shape index (κ3) is 6.58. The van der Waals surface area contributed by atoms with Crippen LogP contribution in [0.3, 0.4) is 0 Å². The monoisotopic (exact) mass is 386 g/mol. The minimum Gasteiger partial charge on any atom is -0.374 e. The molecule has 0 spiro atoms. The Kier molecular flexibility index (Phi) is 7.48. The third-order valence-electron chi connectivity index (χ3n) is 4.41. The Labute approximate surface area is 166 Å². The van der Waals surface area contributed by atoms with E-state index < -0.39 is 11.6 Å². The van der Waals surface area contributed by atoms with E-state index >= 15 is 0 Å². The lowest BCUT2D eigenvalue weighted by molar-refractivity contribution is -0.132. The van der Waals surface area contributed by atoms with Gasteiger partial charge in [0.2, 0.25) is 5.91 Å². The summed E-state index contributed by atoms with van der Waals surface area (Å²) in [5, 5.41) is 2.74. The van der Waals surface area contributed by atoms with Gasteiger partial charge in [-0.25, -0.2) is 4.98 Å². The first kappa shape index (κ1) is 21.8. The summed E-state index contributed by atoms with van der Waals surface area (Å²) in [5.41, 5.74) is 6.63. The van der Waals surface area contributed by atoms with Crippen LogP contribution in [0.25, 0.3) is 0 Å². The second kappa shape index (κ2) is 9.61. The minimum absolute atomic E-state index is 0.0619. The Balaban J connectivity index is 2.01. The van der Waals surface area contributed by atoms with E-state index in [2.05, 4.69) is 10.3 Å². The molecule has 2 rings (SSSR count). The molecule has 1 aromatic heterocycles. The third-order valence-corrected chi connectivity index (χ3v) is 4.41. The molecule has 0 radical (unpaired) electrons. The van der Waals surface area contributed by atoms with Gasteiger partial charge in [0.15, 0.2) is 5.78 Å². The molecule has 7 heteroatoms. The second-order valence-corrected chi connectivity index (χ2v) is 7.78. The molecule has 2 atom stereocenters. The van der Waals surface area contributed by atoms with Crippen molar-refractivity contribution in [3.8, 4) is 0 Å². The molecule has 152 valence electrons. The number of carbonyl (C=O) groups is 2. The summed E-state index contributed by atoms with van der Waals surface area (Å²) in [4.78, 5) is 29.5. The van der Waals surface area contributed by atoms with Crippen molar-refractivity contribution in [2.45, 2.75) is 51.3 Å². The second-order valence-electron chi connectivity index (χ2n) is 7.78. The molecule has 0 aliphatic rings. The zero-order valence-corrected chi connectivity index (χ0v) is 17.0. The largest absolute Gasteiger partial charge is 0.374 e. The first-order valence-electron chi connectivity index (χ1n) is 9.39. The molecule has 3 N–H and O–H groups in total. The number of Topliss-reactive ketones (excluding diaryl/α,β-unsaturated/α-hetero) is 1. The number of rotatable bonds is 10. The maximum atomic E-state index is 12.9. The average Bonchev–Trinajstić information content (AvgIpc) is 3.07. The van der Waals surface area contributed by atoms with Crippen molar-refractivity contribution in [3.05, 3.63) is 54.1 Å². The van der Waals surface area contributed by atoms with E-state index in [9.17, 15) is 9.59 Å². The van der Waals surface area contributed by atoms with Crippen molar-refractivity contribution in [3.63, 3.8) is 0 Å². The van der Waals surface area contributed by atoms with Crippen LogP contribution < -0.4 is 11.1 Å². The van der Waals surface area contributed by atoms with Crippen LogP contribution in [-0.4, -0.2) is 39.4 Å². The first-order valence-corrected chi connectivity index (χ1v) is 9.39. The predicted octanol–water partition coefficient (Wildman–Crippen LogP) is 1.92. The summed E-state index contributed by atoms with van der Waals surface area (Å²) >= 11 is 0. The lowest BCUT2D eigenvalue weighted by Crippen LogP contribution is -2.55. The number of nitrogens with two attached hydrogens (primary N) is 1. The SMILES string of the molecule is CC(CC(=O)[C@@H](COCc1ccccc1)NC(=O)C(C)(C)N)c1cn(C)cn1. The number of aryl methyl sites for hydroxylation is 1. The zero-order chi connectivity index (χ0) is 20.7. The molecular weight excluding hydrogens is 356 g/mol. The molecule has 0 aliphatic heterocycles. The van der Waals surface area contributed by atoms with Gasteiger partial charge in [0.05, 0.1) is 30.8 Å². The molecule has 0 saturated heterocycles. The summed E-state index contributed by atoms with van der Waals surface area (Å²) in [5.74, 6) is -0.559. The van der Waals surface area contributed by atoms with Gasteiger partial charge in [-0.2, -0.15) is 0 Å². The van der Waals surface area contributed by atoms with Crippen molar-refractivity contribution < 1.29 is 14.3 Å². The Morgan fingerprint density at radius 3 is 2.54 bits per heavy atom. The topological polar surface area (TPSA) is 99.2 Å². The Hall–Kier alpha value is -2.51. The molecule has 1 aromatic carbocycles. The van der Waals surface area contributed by atoms with Crippen molar-refractivity contribution in [1.82, 2.24) is 14.9 Å². The molecule has 2 aromatic rings. The average molecular weight is 386 g/mol. The fourth-order valence-corrected chi connectivity index (χ4v) is 2.66. The van der Waals surface area contributed by atoms with E-state index in [4.69, 9.17) is 10.5 Å². The molecule has 0 fully saturated rings. The predicted molar refractivity (Wildman–Crippen MR) is 108 cm³/mol. The van der Waals surface area contributed by atoms with E-state index in [0.717, 1.165) is 11.3 Å². The van der Waals surface area contributed by atoms with Crippen LogP contribution in [0.1, 0.15) is 44.4 Å². The fourth-order valence-electron chi connectivity index (χ4n) is 2.66. The summed E-state index contributed by atoms with van der Waals surface area (Å²) in [7, 11) is 1.88. The van der Waals surface area contributed by atoms with Gasteiger partial charge in [-0.15, -0.1) is 0 Å². The standard InChI is InChI=1S/C21H30N4O3/c1-15(17-11-25(4)14-23-17)10-19(26)18(24-20(27)21(2,3)22)13-28-12-16-8-6-5-7-9-16/h5-9,11,14-15,18H,10,12-13,22H2,1-4H3,(H,24,27)/t15?,18-/m1/s1. The van der Waals surface area contributed by atoms with E-state index in [1.165, 1.54) is 0 Å². The highest BCUT2D eigenvalue weighted by Gasteiger charge is 2.29. The maximum Gasteiger partial charge on any atom is 0.240 e. The molecular formula is C21H30N4O3. The van der Waals surface area contributed by atoms with E-state index in [1.54, 1.807) is 20.2 Å². The number of carbonyl (C=O) groups excluding carboxylic acids is 2. The summed E-state index contributed by atoms with van der Waals surface area (Å²) in [6.45, 7) is 5.60. The van der Waals surface area contributed by atoms with E-state index in [-0.39, 0.29) is 30.6 Å². The number of benzene rings is 1. The maximum absolute atomic E-state index is 12.9. The number of amides is 1. The van der Waals surface area contributed by atoms with Crippen LogP contribution in [0.2, 0.25) is 0 Å². The number of ether oxygens (including phenoxy) is 1. The first-order chi connectivity index (χ1) is 13.2. The number of ketones is 1. The van der Waals surface area contributed by atoms with Crippen LogP contribution in [0.15, 0.2) is 42.9 Å². The molecule has 0 aliphatic carbocycles. The van der Waals surface area contributed by atoms with E-state index in [1.807, 2.05) is 55.1 Å². The quantitative estimate of drug-likeness (QED) is 0.650. The number of nitrogens with one attached hydrogen (secondary N) is 1. The van der Waals surface area contributed by atoms with Crippen molar-refractivity contribution in [2.75, 3.05) is 6.61 Å². The highest BCUT2D eigenvalue weighted by Crippen LogP contribution is 2.18. The normalized spacial score (nSPS) is 13.8. The fraction of sp³-hybridized carbons (Fsp3) is 0.476. The highest BCUT2D eigenvalue weighted by atomic mass is 16.5. The molecule has 1 amide bonds. The van der Waals surface area contributed by atoms with Crippen LogP contribution in [-0.2, 0) is 28.0 Å². The molecule has 1 unspecified atom stereocenters. The van der Waals surface area contributed by atoms with Gasteiger partial charge in [0, 0.05) is 25.6 Å². The van der Waals surface area contributed by atoms with Crippen molar-refractivity contribution in [2.24, 2.45) is 12.8 Å². The van der Waals surface area contributed by atoms with Gasteiger partial charge < -0.3 is 20.4 Å². The number of aromatic nitrogens is 2. The molecule has 28 heavy (non-hydrogen) atoms. The van der Waals surface area contributed by atoms with Crippen LogP contribution in [0.4, 0.5) is 0 Å². The Bertz CT molecular complexity index is 780. The number of nitrogens with zero attached hydrogens (tertiary/aromatic N) is 2. The number of hydrogen-bond donors (Lipinski definition) is 2. The lowest BCUT2D eigenvalue weighted by Gasteiger charge is -2.24. The van der Waals surface area contributed by atoms with Crippen LogP contribution >= 0.6 is 0 Å². The zero-order valence-electron chi connectivity index (χ0n) is 17.0. The van der Waals surface area contributed by atoms with E-state index in [0.29, 0.717) is 6.61 Å². The Morgan fingerprint density at radius 1 is 1.29 bits per heavy atom. The highest BCUT2D eigenvalue weighted by molar-refractivity contribution is 5.92. The van der Waals surface area contributed by atoms with Crippen molar-refractivity contribution in [1.29, 1.82) is 0 Å². The number of imidazole rings is 1. The summed E-state index contributed by atoms with van der Waals surface area (Å²) < 4.78 is 7.55. The smallest absolute Gasteiger partial charge is 0.240 e. The van der Waals surface area contributed by atoms with Gasteiger partial charge in [-0.3, -0.25) is 9.59 Å². The van der Waals surface area contributed by atoms with Gasteiger partial charge >= 0.3 is 0 Å². The van der Waals surface area contributed by atoms with Crippen LogP contribution in [0.5, 0.6) is 0 Å². The lowest BCUT2D eigenvalue weighted by atomic mass is 9.97. The summed E-state index contributed by atoms with van der Waals surface area (Å²) in [6, 6.07) is 8.91. The van der Waals surface area contributed by atoms with Crippen LogP contribution in [0, 0.1) is 0 Å². The van der Waals surface area contributed by atoms with Crippen molar-refractivity contribution >= 4 is 11.7 Å². The Morgan fingerprint density at radius 2 is 1.96 bits per heavy atom. The minimum atomic E-state index is -1.08. The van der Waals surface area contributed by atoms with Gasteiger partial charge in [-0.1, -0.05) is 37.3 Å².